The molecule has 1 atom stereocenters. The quantitative estimate of drug-likeness (QED) is 0.763. The summed E-state index contributed by atoms with van der Waals surface area (Å²) in [6.45, 7) is 0.427. The van der Waals surface area contributed by atoms with Gasteiger partial charge in [-0.05, 0) is 0 Å². The number of amides is 2. The number of piperazine rings is 1. The van der Waals surface area contributed by atoms with E-state index >= 15 is 0 Å². The highest BCUT2D eigenvalue weighted by molar-refractivity contribution is 5.89. The standard InChI is InChI=1S/C11H16F3N3O2/c12-11(13,14)7-16-1-3-17(4-2-16)10(19)8-5-9(18)15-6-8/h8H,1-7H2,(H,15,18). The normalized spacial score (nSPS) is 25.5. The van der Waals surface area contributed by atoms with Gasteiger partial charge < -0.3 is 10.2 Å². The van der Waals surface area contributed by atoms with Crippen LogP contribution in [-0.4, -0.2) is 67.1 Å². The molecular weight excluding hydrogens is 263 g/mol. The van der Waals surface area contributed by atoms with Crippen LogP contribution in [-0.2, 0) is 9.59 Å². The van der Waals surface area contributed by atoms with E-state index < -0.39 is 12.7 Å². The molecule has 0 spiro atoms. The zero-order valence-electron chi connectivity index (χ0n) is 10.4. The van der Waals surface area contributed by atoms with Crippen LogP contribution in [0.1, 0.15) is 6.42 Å². The third-order valence-electron chi connectivity index (χ3n) is 3.41. The Labute approximate surface area is 108 Å². The molecule has 0 aliphatic carbocycles. The molecule has 2 saturated heterocycles. The minimum Gasteiger partial charge on any atom is -0.355 e. The summed E-state index contributed by atoms with van der Waals surface area (Å²) in [6, 6.07) is 0. The highest BCUT2D eigenvalue weighted by atomic mass is 19.4. The second kappa shape index (κ2) is 5.36. The van der Waals surface area contributed by atoms with Gasteiger partial charge in [0.1, 0.15) is 0 Å². The fourth-order valence-corrected chi connectivity index (χ4v) is 2.42. The molecular formula is C11H16F3N3O2. The van der Waals surface area contributed by atoms with E-state index in [4.69, 9.17) is 0 Å². The largest absolute Gasteiger partial charge is 0.401 e. The zero-order valence-corrected chi connectivity index (χ0v) is 10.4. The summed E-state index contributed by atoms with van der Waals surface area (Å²) >= 11 is 0. The lowest BCUT2D eigenvalue weighted by Crippen LogP contribution is -2.52. The van der Waals surface area contributed by atoms with Crippen molar-refractivity contribution in [3.63, 3.8) is 0 Å². The average molecular weight is 279 g/mol. The van der Waals surface area contributed by atoms with E-state index in [1.807, 2.05) is 0 Å². The molecule has 8 heteroatoms. The Balaban J connectivity index is 1.80. The second-order valence-electron chi connectivity index (χ2n) is 4.92. The number of rotatable bonds is 2. The molecule has 0 radical (unpaired) electrons. The summed E-state index contributed by atoms with van der Waals surface area (Å²) in [5.74, 6) is -0.638. The zero-order chi connectivity index (χ0) is 14.0. The first kappa shape index (κ1) is 14.1. The maximum absolute atomic E-state index is 12.2. The molecule has 19 heavy (non-hydrogen) atoms. The summed E-state index contributed by atoms with van der Waals surface area (Å²) in [4.78, 5) is 25.9. The molecule has 1 unspecified atom stereocenters. The van der Waals surface area contributed by atoms with Crippen molar-refractivity contribution in [3.05, 3.63) is 0 Å². The number of halogens is 3. The Morgan fingerprint density at radius 1 is 1.26 bits per heavy atom. The van der Waals surface area contributed by atoms with Crippen LogP contribution in [0.5, 0.6) is 0 Å². The van der Waals surface area contributed by atoms with Gasteiger partial charge in [0, 0.05) is 39.1 Å². The van der Waals surface area contributed by atoms with Gasteiger partial charge in [-0.15, -0.1) is 0 Å². The van der Waals surface area contributed by atoms with Crippen molar-refractivity contribution in [2.45, 2.75) is 12.6 Å². The molecule has 0 aromatic rings. The monoisotopic (exact) mass is 279 g/mol. The van der Waals surface area contributed by atoms with Crippen molar-refractivity contribution >= 4 is 11.8 Å². The molecule has 2 aliphatic rings. The lowest BCUT2D eigenvalue weighted by Gasteiger charge is -2.35. The Bertz CT molecular complexity index is 365. The topological polar surface area (TPSA) is 52.7 Å². The van der Waals surface area contributed by atoms with Crippen molar-refractivity contribution in [3.8, 4) is 0 Å². The van der Waals surface area contributed by atoms with E-state index in [0.717, 1.165) is 0 Å². The molecule has 0 aromatic carbocycles. The molecule has 0 bridgehead atoms. The van der Waals surface area contributed by atoms with Crippen LogP contribution < -0.4 is 5.32 Å². The van der Waals surface area contributed by atoms with E-state index in [9.17, 15) is 22.8 Å². The number of hydrogen-bond donors (Lipinski definition) is 1. The van der Waals surface area contributed by atoms with Gasteiger partial charge in [0.2, 0.25) is 11.8 Å². The SMILES string of the molecule is O=C1CC(C(=O)N2CCN(CC(F)(F)F)CC2)CN1. The molecule has 0 saturated carbocycles. The lowest BCUT2D eigenvalue weighted by atomic mass is 10.1. The van der Waals surface area contributed by atoms with Crippen LogP contribution >= 0.6 is 0 Å². The van der Waals surface area contributed by atoms with Crippen LogP contribution in [0.25, 0.3) is 0 Å². The Morgan fingerprint density at radius 3 is 2.37 bits per heavy atom. The fourth-order valence-electron chi connectivity index (χ4n) is 2.42. The third-order valence-corrected chi connectivity index (χ3v) is 3.41. The molecule has 0 aromatic heterocycles. The van der Waals surface area contributed by atoms with Crippen LogP contribution in [0, 0.1) is 5.92 Å². The van der Waals surface area contributed by atoms with Crippen LogP contribution in [0.15, 0.2) is 0 Å². The summed E-state index contributed by atoms with van der Waals surface area (Å²) < 4.78 is 36.6. The van der Waals surface area contributed by atoms with E-state index in [1.54, 1.807) is 4.90 Å². The van der Waals surface area contributed by atoms with Gasteiger partial charge in [-0.3, -0.25) is 14.5 Å². The van der Waals surface area contributed by atoms with Gasteiger partial charge in [0.05, 0.1) is 12.5 Å². The van der Waals surface area contributed by atoms with Gasteiger partial charge in [-0.25, -0.2) is 0 Å². The van der Waals surface area contributed by atoms with Crippen LogP contribution in [0.4, 0.5) is 13.2 Å². The Kier molecular flexibility index (Phi) is 3.98. The highest BCUT2D eigenvalue weighted by Gasteiger charge is 2.35. The number of carbonyl (C=O) groups is 2. The van der Waals surface area contributed by atoms with E-state index in [1.165, 1.54) is 4.90 Å². The van der Waals surface area contributed by atoms with Gasteiger partial charge in [-0.1, -0.05) is 0 Å². The predicted octanol–water partition coefficient (Wildman–Crippen LogP) is -0.171. The van der Waals surface area contributed by atoms with Gasteiger partial charge in [-0.2, -0.15) is 13.2 Å². The molecule has 108 valence electrons. The average Bonchev–Trinajstić information content (AvgIpc) is 2.74. The van der Waals surface area contributed by atoms with Gasteiger partial charge in [0.25, 0.3) is 0 Å². The number of nitrogens with one attached hydrogen (secondary N) is 1. The Morgan fingerprint density at radius 2 is 1.89 bits per heavy atom. The number of alkyl halides is 3. The van der Waals surface area contributed by atoms with Crippen molar-refractivity contribution < 1.29 is 22.8 Å². The van der Waals surface area contributed by atoms with E-state index in [0.29, 0.717) is 19.6 Å². The lowest BCUT2D eigenvalue weighted by molar-refractivity contribution is -0.152. The first-order chi connectivity index (χ1) is 8.85. The maximum Gasteiger partial charge on any atom is 0.401 e. The smallest absolute Gasteiger partial charge is 0.355 e. The molecule has 2 amide bonds. The predicted molar refractivity (Wildman–Crippen MR) is 60.2 cm³/mol. The van der Waals surface area contributed by atoms with Crippen molar-refractivity contribution in [2.75, 3.05) is 39.3 Å². The van der Waals surface area contributed by atoms with Gasteiger partial charge in [0.15, 0.2) is 0 Å². The Hall–Kier alpha value is -1.31. The molecule has 5 nitrogen and oxygen atoms in total. The fraction of sp³-hybridized carbons (Fsp3) is 0.818. The minimum atomic E-state index is -4.20. The van der Waals surface area contributed by atoms with Crippen molar-refractivity contribution in [1.82, 2.24) is 15.1 Å². The summed E-state index contributed by atoms with van der Waals surface area (Å²) in [5, 5.41) is 2.58. The molecule has 2 heterocycles. The third kappa shape index (κ3) is 3.82. The van der Waals surface area contributed by atoms with Crippen molar-refractivity contribution in [1.29, 1.82) is 0 Å². The summed E-state index contributed by atoms with van der Waals surface area (Å²) in [6.07, 6.45) is -4.02. The summed E-state index contributed by atoms with van der Waals surface area (Å²) in [5.41, 5.74) is 0. The first-order valence-electron chi connectivity index (χ1n) is 6.20. The minimum absolute atomic E-state index is 0.134. The van der Waals surface area contributed by atoms with Crippen molar-refractivity contribution in [2.24, 2.45) is 5.92 Å². The van der Waals surface area contributed by atoms with Crippen LogP contribution in [0.3, 0.4) is 0 Å². The number of hydrogen-bond acceptors (Lipinski definition) is 3. The first-order valence-corrected chi connectivity index (χ1v) is 6.20. The van der Waals surface area contributed by atoms with E-state index in [-0.39, 0.29) is 37.2 Å². The maximum atomic E-state index is 12.2. The molecule has 2 rings (SSSR count). The van der Waals surface area contributed by atoms with Gasteiger partial charge >= 0.3 is 6.18 Å². The molecule has 2 fully saturated rings. The molecule has 1 N–H and O–H groups in total. The van der Waals surface area contributed by atoms with Crippen LogP contribution in [0.2, 0.25) is 0 Å². The number of carbonyl (C=O) groups excluding carboxylic acids is 2. The van der Waals surface area contributed by atoms with E-state index in [2.05, 4.69) is 5.32 Å². The summed E-state index contributed by atoms with van der Waals surface area (Å²) in [7, 11) is 0. The number of nitrogens with zero attached hydrogens (tertiary/aromatic N) is 2. The second-order valence-corrected chi connectivity index (χ2v) is 4.92. The highest BCUT2D eigenvalue weighted by Crippen LogP contribution is 2.19. The molecule has 2 aliphatic heterocycles.